The van der Waals surface area contributed by atoms with Crippen molar-refractivity contribution in [2.45, 2.75) is 31.7 Å². The van der Waals surface area contributed by atoms with Gasteiger partial charge in [0.2, 0.25) is 0 Å². The van der Waals surface area contributed by atoms with Gasteiger partial charge in [-0.3, -0.25) is 0 Å². The van der Waals surface area contributed by atoms with E-state index in [0.29, 0.717) is 19.3 Å². The van der Waals surface area contributed by atoms with Crippen molar-refractivity contribution in [1.29, 1.82) is 0 Å². The van der Waals surface area contributed by atoms with Gasteiger partial charge in [0, 0.05) is 6.04 Å². The minimum absolute atomic E-state index is 0.448. The van der Waals surface area contributed by atoms with E-state index in [1.807, 2.05) is 6.07 Å². The van der Waals surface area contributed by atoms with Gasteiger partial charge in [-0.2, -0.15) is 0 Å². The van der Waals surface area contributed by atoms with Gasteiger partial charge >= 0.3 is 0 Å². The van der Waals surface area contributed by atoms with Crippen LogP contribution in [0.2, 0.25) is 0 Å². The Hall–Kier alpha value is -1.22. The molecule has 1 heterocycles. The molecule has 1 aromatic rings. The summed E-state index contributed by atoms with van der Waals surface area (Å²) in [5.74, 6) is 2.54. The lowest BCUT2D eigenvalue weighted by Crippen LogP contribution is -2.24. The van der Waals surface area contributed by atoms with Gasteiger partial charge < -0.3 is 14.8 Å². The maximum atomic E-state index is 5.67. The summed E-state index contributed by atoms with van der Waals surface area (Å²) in [5.41, 5.74) is 1.33. The zero-order valence-electron chi connectivity index (χ0n) is 10.9. The highest BCUT2D eigenvalue weighted by Gasteiger charge is 2.26. The first-order valence-electron chi connectivity index (χ1n) is 6.95. The molecule has 98 valence electrons. The highest BCUT2D eigenvalue weighted by molar-refractivity contribution is 5.44. The molecular weight excluding hydrogens is 226 g/mol. The van der Waals surface area contributed by atoms with Gasteiger partial charge in [-0.15, -0.1) is 0 Å². The third-order valence-corrected chi connectivity index (χ3v) is 4.11. The third kappa shape index (κ3) is 2.19. The molecule has 1 atom stereocenters. The number of benzene rings is 1. The van der Waals surface area contributed by atoms with Crippen molar-refractivity contribution in [2.75, 3.05) is 20.3 Å². The van der Waals surface area contributed by atoms with Gasteiger partial charge in [-0.1, -0.05) is 18.9 Å². The first-order valence-corrected chi connectivity index (χ1v) is 6.95. The Morgan fingerprint density at radius 2 is 1.83 bits per heavy atom. The van der Waals surface area contributed by atoms with E-state index in [1.165, 1.54) is 31.2 Å². The fraction of sp³-hybridized carbons (Fsp3) is 0.600. The van der Waals surface area contributed by atoms with E-state index in [1.54, 1.807) is 0 Å². The lowest BCUT2D eigenvalue weighted by atomic mass is 9.91. The Labute approximate surface area is 108 Å². The molecule has 1 aliphatic heterocycles. The topological polar surface area (TPSA) is 30.5 Å². The van der Waals surface area contributed by atoms with Crippen LogP contribution < -0.4 is 14.8 Å². The number of rotatable bonds is 3. The highest BCUT2D eigenvalue weighted by atomic mass is 16.6. The molecule has 0 radical (unpaired) electrons. The Bertz CT molecular complexity index is 413. The van der Waals surface area contributed by atoms with E-state index < -0.39 is 0 Å². The van der Waals surface area contributed by atoms with Crippen molar-refractivity contribution in [1.82, 2.24) is 5.32 Å². The molecule has 1 aliphatic carbocycles. The predicted octanol–water partition coefficient (Wildman–Crippen LogP) is 2.91. The van der Waals surface area contributed by atoms with Crippen LogP contribution in [0.25, 0.3) is 0 Å². The van der Waals surface area contributed by atoms with E-state index in [2.05, 4.69) is 24.5 Å². The highest BCUT2D eigenvalue weighted by Crippen LogP contribution is 2.39. The number of hydrogen-bond donors (Lipinski definition) is 1. The molecular formula is C15H21NO2. The van der Waals surface area contributed by atoms with E-state index >= 15 is 0 Å². The number of fused-ring (bicyclic) bond motifs is 1. The van der Waals surface area contributed by atoms with Crippen molar-refractivity contribution >= 4 is 0 Å². The van der Waals surface area contributed by atoms with Crippen LogP contribution in [0.1, 0.15) is 37.3 Å². The van der Waals surface area contributed by atoms with Crippen LogP contribution in [0, 0.1) is 5.92 Å². The summed E-state index contributed by atoms with van der Waals surface area (Å²) in [6, 6.07) is 6.81. The van der Waals surface area contributed by atoms with Crippen LogP contribution in [0.5, 0.6) is 11.5 Å². The summed E-state index contributed by atoms with van der Waals surface area (Å²) < 4.78 is 11.2. The van der Waals surface area contributed by atoms with Crippen LogP contribution in [-0.4, -0.2) is 20.3 Å². The first kappa shape index (κ1) is 11.8. The van der Waals surface area contributed by atoms with Crippen LogP contribution in [0.3, 0.4) is 0 Å². The molecule has 1 fully saturated rings. The van der Waals surface area contributed by atoms with Gasteiger partial charge in [-0.25, -0.2) is 0 Å². The molecule has 0 amide bonds. The van der Waals surface area contributed by atoms with E-state index in [-0.39, 0.29) is 0 Å². The van der Waals surface area contributed by atoms with Gasteiger partial charge in [0.05, 0.1) is 0 Å². The van der Waals surface area contributed by atoms with Crippen molar-refractivity contribution in [3.63, 3.8) is 0 Å². The fourth-order valence-electron chi connectivity index (χ4n) is 3.22. The summed E-state index contributed by atoms with van der Waals surface area (Å²) in [5, 5.41) is 3.47. The SMILES string of the molecule is CNC(c1ccc2c(c1)OCCO2)C1CCCC1. The van der Waals surface area contributed by atoms with Gasteiger partial charge in [0.25, 0.3) is 0 Å². The van der Waals surface area contributed by atoms with E-state index in [4.69, 9.17) is 9.47 Å². The molecule has 3 heteroatoms. The second-order valence-corrected chi connectivity index (χ2v) is 5.21. The maximum Gasteiger partial charge on any atom is 0.161 e. The second kappa shape index (κ2) is 5.19. The largest absolute Gasteiger partial charge is 0.486 e. The molecule has 2 aliphatic rings. The van der Waals surface area contributed by atoms with Crippen LogP contribution in [-0.2, 0) is 0 Å². The molecule has 1 saturated carbocycles. The second-order valence-electron chi connectivity index (χ2n) is 5.21. The van der Waals surface area contributed by atoms with Crippen molar-refractivity contribution in [3.05, 3.63) is 23.8 Å². The summed E-state index contributed by atoms with van der Waals surface area (Å²) in [4.78, 5) is 0. The van der Waals surface area contributed by atoms with Crippen molar-refractivity contribution in [3.8, 4) is 11.5 Å². The molecule has 0 aromatic heterocycles. The maximum absolute atomic E-state index is 5.67. The molecule has 0 spiro atoms. The number of ether oxygens (including phenoxy) is 2. The Balaban J connectivity index is 1.85. The molecule has 0 bridgehead atoms. The molecule has 3 rings (SSSR count). The van der Waals surface area contributed by atoms with E-state index in [9.17, 15) is 0 Å². The summed E-state index contributed by atoms with van der Waals surface area (Å²) in [6.07, 6.45) is 5.40. The molecule has 18 heavy (non-hydrogen) atoms. The van der Waals surface area contributed by atoms with Gasteiger partial charge in [0.15, 0.2) is 11.5 Å². The average molecular weight is 247 g/mol. The van der Waals surface area contributed by atoms with Crippen molar-refractivity contribution in [2.24, 2.45) is 5.92 Å². The predicted molar refractivity (Wildman–Crippen MR) is 71.2 cm³/mol. The fourth-order valence-corrected chi connectivity index (χ4v) is 3.22. The average Bonchev–Trinajstić information content (AvgIpc) is 2.93. The molecule has 3 nitrogen and oxygen atoms in total. The summed E-state index contributed by atoms with van der Waals surface area (Å²) in [7, 11) is 2.06. The Kier molecular flexibility index (Phi) is 3.41. The zero-order valence-corrected chi connectivity index (χ0v) is 10.9. The quantitative estimate of drug-likeness (QED) is 0.891. The normalized spacial score (nSPS) is 20.9. The summed E-state index contributed by atoms with van der Waals surface area (Å²) in [6.45, 7) is 1.31. The first-order chi connectivity index (χ1) is 8.88. The van der Waals surface area contributed by atoms with Crippen LogP contribution in [0.15, 0.2) is 18.2 Å². The smallest absolute Gasteiger partial charge is 0.161 e. The Morgan fingerprint density at radius 1 is 1.11 bits per heavy atom. The standard InChI is InChI=1S/C15H21NO2/c1-16-15(11-4-2-3-5-11)12-6-7-13-14(10-12)18-9-8-17-13/h6-7,10-11,15-16H,2-5,8-9H2,1H3. The van der Waals surface area contributed by atoms with Gasteiger partial charge in [0.1, 0.15) is 13.2 Å². The van der Waals surface area contributed by atoms with Crippen LogP contribution in [0.4, 0.5) is 0 Å². The third-order valence-electron chi connectivity index (χ3n) is 4.11. The van der Waals surface area contributed by atoms with Crippen molar-refractivity contribution < 1.29 is 9.47 Å². The van der Waals surface area contributed by atoms with Gasteiger partial charge in [-0.05, 0) is 43.5 Å². The molecule has 1 unspecified atom stereocenters. The Morgan fingerprint density at radius 3 is 2.56 bits per heavy atom. The number of hydrogen-bond acceptors (Lipinski definition) is 3. The lowest BCUT2D eigenvalue weighted by Gasteiger charge is -2.25. The van der Waals surface area contributed by atoms with E-state index in [0.717, 1.165) is 17.4 Å². The molecule has 1 N–H and O–H groups in total. The minimum Gasteiger partial charge on any atom is -0.486 e. The molecule has 0 saturated heterocycles. The zero-order chi connectivity index (χ0) is 12.4. The number of nitrogens with one attached hydrogen (secondary N) is 1. The monoisotopic (exact) mass is 247 g/mol. The lowest BCUT2D eigenvalue weighted by molar-refractivity contribution is 0.171. The summed E-state index contributed by atoms with van der Waals surface area (Å²) >= 11 is 0. The minimum atomic E-state index is 0.448. The molecule has 1 aromatic carbocycles. The van der Waals surface area contributed by atoms with Crippen LogP contribution >= 0.6 is 0 Å².